The number of aromatic nitrogens is 2. The minimum Gasteiger partial charge on any atom is -0.454 e. The number of rotatable bonds is 6. The number of amides is 1. The van der Waals surface area contributed by atoms with Gasteiger partial charge in [0.15, 0.2) is 16.7 Å². The third-order valence-corrected chi connectivity index (χ3v) is 6.00. The van der Waals surface area contributed by atoms with Crippen LogP contribution in [0.1, 0.15) is 5.56 Å². The predicted octanol–water partition coefficient (Wildman–Crippen LogP) is 5.31. The van der Waals surface area contributed by atoms with Crippen molar-refractivity contribution in [2.24, 2.45) is 0 Å². The SMILES string of the molecule is Cc1ccc(-n2cc(-c3ccc4c(c3)OCO4)nc2SCC(=O)Nc2ccccc2)cc1. The molecular weight excluding hydrogens is 422 g/mol. The molecule has 0 aliphatic carbocycles. The highest BCUT2D eigenvalue weighted by atomic mass is 32.2. The van der Waals surface area contributed by atoms with Gasteiger partial charge in [0.1, 0.15) is 0 Å². The lowest BCUT2D eigenvalue weighted by atomic mass is 10.1. The van der Waals surface area contributed by atoms with Gasteiger partial charge in [0, 0.05) is 23.1 Å². The van der Waals surface area contributed by atoms with E-state index in [4.69, 9.17) is 14.5 Å². The number of benzene rings is 3. The number of nitrogens with zero attached hydrogens (tertiary/aromatic N) is 2. The predicted molar refractivity (Wildman–Crippen MR) is 126 cm³/mol. The quantitative estimate of drug-likeness (QED) is 0.409. The summed E-state index contributed by atoms with van der Waals surface area (Å²) in [5, 5.41) is 3.66. The van der Waals surface area contributed by atoms with Gasteiger partial charge in [0.05, 0.1) is 11.4 Å². The Hall–Kier alpha value is -3.71. The number of imidazole rings is 1. The standard InChI is InChI=1S/C25H21N3O3S/c1-17-7-10-20(11-8-17)28-14-21(18-9-12-22-23(13-18)31-16-30-22)27-25(28)32-15-24(29)26-19-5-3-2-4-6-19/h2-14H,15-16H2,1H3,(H,26,29). The van der Waals surface area contributed by atoms with E-state index in [0.717, 1.165) is 33.5 Å². The minimum atomic E-state index is -0.0794. The van der Waals surface area contributed by atoms with Gasteiger partial charge < -0.3 is 14.8 Å². The molecule has 7 heteroatoms. The van der Waals surface area contributed by atoms with Crippen LogP contribution in [0, 0.1) is 6.92 Å². The number of hydrogen-bond donors (Lipinski definition) is 1. The van der Waals surface area contributed by atoms with Crippen LogP contribution < -0.4 is 14.8 Å². The maximum Gasteiger partial charge on any atom is 0.234 e. The average Bonchev–Trinajstić information content (AvgIpc) is 3.45. The highest BCUT2D eigenvalue weighted by molar-refractivity contribution is 7.99. The molecule has 5 rings (SSSR count). The number of fused-ring (bicyclic) bond motifs is 1. The van der Waals surface area contributed by atoms with Crippen molar-refractivity contribution in [1.29, 1.82) is 0 Å². The second kappa shape index (κ2) is 8.80. The van der Waals surface area contributed by atoms with E-state index in [0.29, 0.717) is 5.75 Å². The third-order valence-electron chi connectivity index (χ3n) is 5.04. The Labute approximate surface area is 190 Å². The normalized spacial score (nSPS) is 12.0. The number of aryl methyl sites for hydroxylation is 1. The number of nitrogens with one attached hydrogen (secondary N) is 1. The fourth-order valence-electron chi connectivity index (χ4n) is 3.40. The Morgan fingerprint density at radius 2 is 1.81 bits per heavy atom. The number of thioether (sulfide) groups is 1. The first-order valence-corrected chi connectivity index (χ1v) is 11.2. The maximum atomic E-state index is 12.5. The molecule has 1 amide bonds. The van der Waals surface area contributed by atoms with Crippen LogP contribution in [0.5, 0.6) is 11.5 Å². The molecule has 1 aromatic heterocycles. The second-order valence-electron chi connectivity index (χ2n) is 7.39. The summed E-state index contributed by atoms with van der Waals surface area (Å²) < 4.78 is 12.9. The lowest BCUT2D eigenvalue weighted by molar-refractivity contribution is -0.113. The summed E-state index contributed by atoms with van der Waals surface area (Å²) in [6.45, 7) is 2.29. The van der Waals surface area contributed by atoms with Crippen molar-refractivity contribution in [2.75, 3.05) is 17.9 Å². The Morgan fingerprint density at radius 3 is 2.62 bits per heavy atom. The van der Waals surface area contributed by atoms with Crippen molar-refractivity contribution in [3.63, 3.8) is 0 Å². The fraction of sp³-hybridized carbons (Fsp3) is 0.120. The van der Waals surface area contributed by atoms with Crippen molar-refractivity contribution < 1.29 is 14.3 Å². The van der Waals surface area contributed by atoms with Crippen LogP contribution in [0.2, 0.25) is 0 Å². The van der Waals surface area contributed by atoms with Gasteiger partial charge in [-0.2, -0.15) is 0 Å². The summed E-state index contributed by atoms with van der Waals surface area (Å²) in [5.74, 6) is 1.62. The molecule has 0 radical (unpaired) electrons. The van der Waals surface area contributed by atoms with E-state index in [1.165, 1.54) is 17.3 Å². The van der Waals surface area contributed by atoms with Crippen LogP contribution in [0.25, 0.3) is 16.9 Å². The van der Waals surface area contributed by atoms with Gasteiger partial charge in [-0.15, -0.1) is 0 Å². The van der Waals surface area contributed by atoms with Crippen molar-refractivity contribution in [1.82, 2.24) is 9.55 Å². The summed E-state index contributed by atoms with van der Waals surface area (Å²) in [4.78, 5) is 17.3. The Morgan fingerprint density at radius 1 is 1.03 bits per heavy atom. The molecule has 160 valence electrons. The second-order valence-corrected chi connectivity index (χ2v) is 8.33. The third kappa shape index (κ3) is 4.33. The van der Waals surface area contributed by atoms with Crippen LogP contribution in [0.3, 0.4) is 0 Å². The van der Waals surface area contributed by atoms with E-state index < -0.39 is 0 Å². The first-order chi connectivity index (χ1) is 15.7. The fourth-order valence-corrected chi connectivity index (χ4v) is 4.19. The number of hydrogen-bond acceptors (Lipinski definition) is 5. The Kier molecular flexibility index (Phi) is 5.56. The molecule has 1 aliphatic rings. The van der Waals surface area contributed by atoms with Gasteiger partial charge >= 0.3 is 0 Å². The molecule has 32 heavy (non-hydrogen) atoms. The molecule has 1 aliphatic heterocycles. The molecule has 0 unspecified atom stereocenters. The van der Waals surface area contributed by atoms with Crippen molar-refractivity contribution in [3.05, 3.63) is 84.6 Å². The van der Waals surface area contributed by atoms with Crippen LogP contribution in [-0.4, -0.2) is 28.0 Å². The summed E-state index contributed by atoms with van der Waals surface area (Å²) in [6.07, 6.45) is 1.99. The van der Waals surface area contributed by atoms with Gasteiger partial charge in [-0.3, -0.25) is 9.36 Å². The summed E-state index contributed by atoms with van der Waals surface area (Å²) in [7, 11) is 0. The Balaban J connectivity index is 1.42. The first kappa shape index (κ1) is 20.2. The monoisotopic (exact) mass is 443 g/mol. The number of carbonyl (C=O) groups is 1. The number of ether oxygens (including phenoxy) is 2. The highest BCUT2D eigenvalue weighted by Crippen LogP contribution is 2.36. The van der Waals surface area contributed by atoms with Crippen molar-refractivity contribution in [2.45, 2.75) is 12.1 Å². The minimum absolute atomic E-state index is 0.0794. The average molecular weight is 444 g/mol. The molecular formula is C25H21N3O3S. The zero-order valence-corrected chi connectivity index (χ0v) is 18.3. The van der Waals surface area contributed by atoms with Gasteiger partial charge in [0.2, 0.25) is 12.7 Å². The maximum absolute atomic E-state index is 12.5. The molecule has 0 fully saturated rings. The molecule has 1 N–H and O–H groups in total. The topological polar surface area (TPSA) is 65.4 Å². The van der Waals surface area contributed by atoms with E-state index in [9.17, 15) is 4.79 Å². The molecule has 3 aromatic carbocycles. The summed E-state index contributed by atoms with van der Waals surface area (Å²) >= 11 is 1.40. The van der Waals surface area contributed by atoms with Crippen molar-refractivity contribution in [3.8, 4) is 28.4 Å². The number of para-hydroxylation sites is 1. The van der Waals surface area contributed by atoms with E-state index in [1.54, 1.807) is 0 Å². The van der Waals surface area contributed by atoms with Crippen LogP contribution in [0.4, 0.5) is 5.69 Å². The van der Waals surface area contributed by atoms with Crippen LogP contribution in [-0.2, 0) is 4.79 Å². The summed E-state index contributed by atoms with van der Waals surface area (Å²) in [6, 6.07) is 23.5. The lowest BCUT2D eigenvalue weighted by Crippen LogP contribution is -2.14. The molecule has 4 aromatic rings. The van der Waals surface area contributed by atoms with Crippen LogP contribution >= 0.6 is 11.8 Å². The lowest BCUT2D eigenvalue weighted by Gasteiger charge is -2.08. The molecule has 2 heterocycles. The van der Waals surface area contributed by atoms with Gasteiger partial charge in [-0.1, -0.05) is 47.7 Å². The summed E-state index contributed by atoms with van der Waals surface area (Å²) in [5.41, 5.74) is 4.67. The van der Waals surface area contributed by atoms with Crippen molar-refractivity contribution >= 4 is 23.4 Å². The largest absolute Gasteiger partial charge is 0.454 e. The molecule has 0 bridgehead atoms. The Bertz CT molecular complexity index is 1250. The van der Waals surface area contributed by atoms with E-state index >= 15 is 0 Å². The molecule has 0 atom stereocenters. The highest BCUT2D eigenvalue weighted by Gasteiger charge is 2.18. The van der Waals surface area contributed by atoms with Gasteiger partial charge in [0.25, 0.3) is 0 Å². The number of carbonyl (C=O) groups excluding carboxylic acids is 1. The molecule has 6 nitrogen and oxygen atoms in total. The molecule has 0 saturated carbocycles. The van der Waals surface area contributed by atoms with E-state index in [1.807, 2.05) is 59.3 Å². The molecule has 0 spiro atoms. The zero-order chi connectivity index (χ0) is 21.9. The zero-order valence-electron chi connectivity index (χ0n) is 17.4. The number of anilines is 1. The van der Waals surface area contributed by atoms with Gasteiger partial charge in [-0.05, 0) is 49.4 Å². The van der Waals surface area contributed by atoms with E-state index in [-0.39, 0.29) is 18.5 Å². The van der Waals surface area contributed by atoms with Crippen LogP contribution in [0.15, 0.2) is 84.1 Å². The van der Waals surface area contributed by atoms with Gasteiger partial charge in [-0.25, -0.2) is 4.98 Å². The molecule has 0 saturated heterocycles. The smallest absolute Gasteiger partial charge is 0.234 e. The van der Waals surface area contributed by atoms with E-state index in [2.05, 4.69) is 36.5 Å². The first-order valence-electron chi connectivity index (χ1n) is 10.2.